The summed E-state index contributed by atoms with van der Waals surface area (Å²) in [6.45, 7) is 0.695. The van der Waals surface area contributed by atoms with Crippen molar-refractivity contribution in [2.45, 2.75) is 25.4 Å². The Balaban J connectivity index is 3.12. The van der Waals surface area contributed by atoms with Crippen LogP contribution in [0.25, 0.3) is 0 Å². The van der Waals surface area contributed by atoms with Gasteiger partial charge in [-0.05, 0) is 18.1 Å². The average Bonchev–Trinajstić information content (AvgIpc) is 2.26. The smallest absolute Gasteiger partial charge is 0.360 e. The van der Waals surface area contributed by atoms with Crippen LogP contribution in [0.3, 0.4) is 0 Å². The molecule has 1 rings (SSSR count). The highest BCUT2D eigenvalue weighted by Gasteiger charge is 2.32. The number of alkyl halides is 4. The topological polar surface area (TPSA) is 3.24 Å². The zero-order valence-corrected chi connectivity index (χ0v) is 10.7. The minimum absolute atomic E-state index is 0.0227. The van der Waals surface area contributed by atoms with Crippen molar-refractivity contribution in [3.05, 3.63) is 29.6 Å². The lowest BCUT2D eigenvalue weighted by molar-refractivity contribution is -0.119. The molecule has 18 heavy (non-hydrogen) atoms. The first-order valence-electron chi connectivity index (χ1n) is 5.54. The van der Waals surface area contributed by atoms with E-state index in [1.54, 1.807) is 6.92 Å². The number of anilines is 1. The molecule has 0 aliphatic rings. The summed E-state index contributed by atoms with van der Waals surface area (Å²) in [7, 11) is 0. The zero-order valence-electron chi connectivity index (χ0n) is 9.90. The second kappa shape index (κ2) is 6.27. The maximum absolute atomic E-state index is 13.7. The quantitative estimate of drug-likeness (QED) is 0.574. The SMILES string of the molecule is CCCN(CC(F)(F)F)c1c(F)cccc1CCl. The van der Waals surface area contributed by atoms with Gasteiger partial charge in [0, 0.05) is 12.4 Å². The maximum Gasteiger partial charge on any atom is 0.405 e. The van der Waals surface area contributed by atoms with Crippen LogP contribution in [0.2, 0.25) is 0 Å². The van der Waals surface area contributed by atoms with Crippen LogP contribution in [0.1, 0.15) is 18.9 Å². The van der Waals surface area contributed by atoms with E-state index in [9.17, 15) is 17.6 Å². The van der Waals surface area contributed by atoms with Gasteiger partial charge in [-0.1, -0.05) is 19.1 Å². The summed E-state index contributed by atoms with van der Waals surface area (Å²) in [5, 5.41) is 0. The highest BCUT2D eigenvalue weighted by Crippen LogP contribution is 2.29. The number of rotatable bonds is 5. The molecule has 0 atom stereocenters. The molecule has 0 amide bonds. The summed E-state index contributed by atoms with van der Waals surface area (Å²) in [4.78, 5) is 0.993. The van der Waals surface area contributed by atoms with Gasteiger partial charge in [0.25, 0.3) is 0 Å². The molecule has 0 spiro atoms. The molecule has 1 nitrogen and oxygen atoms in total. The number of para-hydroxylation sites is 1. The van der Waals surface area contributed by atoms with Crippen molar-refractivity contribution in [3.8, 4) is 0 Å². The van der Waals surface area contributed by atoms with E-state index in [0.29, 0.717) is 12.0 Å². The van der Waals surface area contributed by atoms with Crippen LogP contribution in [0, 0.1) is 5.82 Å². The molecule has 0 saturated carbocycles. The van der Waals surface area contributed by atoms with Crippen molar-refractivity contribution in [2.24, 2.45) is 0 Å². The fourth-order valence-electron chi connectivity index (χ4n) is 1.78. The number of benzene rings is 1. The van der Waals surface area contributed by atoms with Crippen molar-refractivity contribution >= 4 is 17.3 Å². The lowest BCUT2D eigenvalue weighted by Crippen LogP contribution is -2.36. The maximum atomic E-state index is 13.7. The van der Waals surface area contributed by atoms with Crippen molar-refractivity contribution < 1.29 is 17.6 Å². The van der Waals surface area contributed by atoms with Gasteiger partial charge in [0.05, 0.1) is 5.69 Å². The molecule has 0 heterocycles. The van der Waals surface area contributed by atoms with E-state index in [1.807, 2.05) is 0 Å². The van der Waals surface area contributed by atoms with E-state index in [4.69, 9.17) is 11.6 Å². The van der Waals surface area contributed by atoms with Crippen molar-refractivity contribution in [2.75, 3.05) is 18.0 Å². The predicted octanol–water partition coefficient (Wildman–Crippen LogP) is 4.34. The van der Waals surface area contributed by atoms with E-state index in [1.165, 1.54) is 12.1 Å². The normalized spacial score (nSPS) is 11.7. The monoisotopic (exact) mass is 283 g/mol. The lowest BCUT2D eigenvalue weighted by atomic mass is 10.1. The Labute approximate surface area is 108 Å². The third-order valence-electron chi connectivity index (χ3n) is 2.39. The van der Waals surface area contributed by atoms with Crippen LogP contribution in [0.15, 0.2) is 18.2 Å². The van der Waals surface area contributed by atoms with Crippen LogP contribution in [0.5, 0.6) is 0 Å². The van der Waals surface area contributed by atoms with Crippen LogP contribution >= 0.6 is 11.6 Å². The molecule has 0 fully saturated rings. The minimum atomic E-state index is -4.37. The largest absolute Gasteiger partial charge is 0.405 e. The van der Waals surface area contributed by atoms with Gasteiger partial charge in [-0.15, -0.1) is 11.6 Å². The second-order valence-electron chi connectivity index (χ2n) is 3.92. The highest BCUT2D eigenvalue weighted by molar-refractivity contribution is 6.17. The van der Waals surface area contributed by atoms with Gasteiger partial charge in [0.2, 0.25) is 0 Å². The molecule has 1 aromatic carbocycles. The molecule has 0 N–H and O–H groups in total. The minimum Gasteiger partial charge on any atom is -0.360 e. The van der Waals surface area contributed by atoms with Crippen molar-refractivity contribution in [1.29, 1.82) is 0 Å². The Morgan fingerprint density at radius 2 is 1.94 bits per heavy atom. The molecule has 6 heteroatoms. The second-order valence-corrected chi connectivity index (χ2v) is 4.19. The van der Waals surface area contributed by atoms with Crippen LogP contribution in [-0.2, 0) is 5.88 Å². The Morgan fingerprint density at radius 1 is 1.28 bits per heavy atom. The molecular formula is C12H14ClF4N. The lowest BCUT2D eigenvalue weighted by Gasteiger charge is -2.27. The highest BCUT2D eigenvalue weighted by atomic mass is 35.5. The molecule has 0 radical (unpaired) electrons. The molecular weight excluding hydrogens is 270 g/mol. The van der Waals surface area contributed by atoms with Gasteiger partial charge >= 0.3 is 6.18 Å². The summed E-state index contributed by atoms with van der Waals surface area (Å²) < 4.78 is 51.2. The molecule has 0 saturated heterocycles. The van der Waals surface area contributed by atoms with E-state index in [2.05, 4.69) is 0 Å². The summed E-state index contributed by atoms with van der Waals surface area (Å²) in [5.74, 6) is -0.698. The summed E-state index contributed by atoms with van der Waals surface area (Å²) in [6.07, 6.45) is -3.88. The first kappa shape index (κ1) is 15.1. The number of halogens is 5. The van der Waals surface area contributed by atoms with Crippen LogP contribution in [-0.4, -0.2) is 19.3 Å². The first-order valence-corrected chi connectivity index (χ1v) is 6.07. The zero-order chi connectivity index (χ0) is 13.8. The van der Waals surface area contributed by atoms with Crippen LogP contribution in [0.4, 0.5) is 23.2 Å². The Hall–Kier alpha value is -0.970. The third kappa shape index (κ3) is 4.05. The summed E-state index contributed by atoms with van der Waals surface area (Å²) >= 11 is 5.64. The molecule has 0 unspecified atom stereocenters. The number of nitrogens with zero attached hydrogens (tertiary/aromatic N) is 1. The van der Waals surface area contributed by atoms with E-state index < -0.39 is 18.5 Å². The summed E-state index contributed by atoms with van der Waals surface area (Å²) in [6, 6.07) is 4.11. The van der Waals surface area contributed by atoms with Gasteiger partial charge < -0.3 is 4.90 Å². The fourth-order valence-corrected chi connectivity index (χ4v) is 1.99. The Morgan fingerprint density at radius 3 is 2.44 bits per heavy atom. The molecule has 0 aliphatic carbocycles. The van der Waals surface area contributed by atoms with Gasteiger partial charge in [0.15, 0.2) is 0 Å². The van der Waals surface area contributed by atoms with Crippen molar-refractivity contribution in [1.82, 2.24) is 0 Å². The standard InChI is InChI=1S/C12H14ClF4N/c1-2-6-18(8-12(15,16)17)11-9(7-13)4-3-5-10(11)14/h3-5H,2,6-8H2,1H3. The van der Waals surface area contributed by atoms with Gasteiger partial charge in [0.1, 0.15) is 12.4 Å². The molecule has 1 aromatic rings. The molecule has 0 bridgehead atoms. The van der Waals surface area contributed by atoms with Gasteiger partial charge in [-0.2, -0.15) is 13.2 Å². The fraction of sp³-hybridized carbons (Fsp3) is 0.500. The van der Waals surface area contributed by atoms with Gasteiger partial charge in [-0.25, -0.2) is 4.39 Å². The van der Waals surface area contributed by atoms with E-state index in [-0.39, 0.29) is 18.1 Å². The average molecular weight is 284 g/mol. The van der Waals surface area contributed by atoms with Crippen LogP contribution < -0.4 is 4.90 Å². The summed E-state index contributed by atoms with van der Waals surface area (Å²) in [5.41, 5.74) is 0.320. The van der Waals surface area contributed by atoms with E-state index in [0.717, 1.165) is 11.0 Å². The van der Waals surface area contributed by atoms with Crippen molar-refractivity contribution in [3.63, 3.8) is 0 Å². The number of hydrogen-bond donors (Lipinski definition) is 0. The Bertz CT molecular complexity index is 392. The third-order valence-corrected chi connectivity index (χ3v) is 2.68. The first-order chi connectivity index (χ1) is 8.39. The molecule has 0 aliphatic heterocycles. The predicted molar refractivity (Wildman–Crippen MR) is 64.5 cm³/mol. The molecule has 102 valence electrons. The molecule has 0 aromatic heterocycles. The number of hydrogen-bond acceptors (Lipinski definition) is 1. The van der Waals surface area contributed by atoms with E-state index >= 15 is 0 Å². The Kier molecular flexibility index (Phi) is 5.26. The van der Waals surface area contributed by atoms with Gasteiger partial charge in [-0.3, -0.25) is 0 Å².